The van der Waals surface area contributed by atoms with Crippen LogP contribution in [-0.2, 0) is 14.6 Å². The average Bonchev–Trinajstić information content (AvgIpc) is 2.89. The molecule has 0 radical (unpaired) electrons. The SMILES string of the molecule is CCS(=O)(=O)CCNC(=O)C1C2CCC(C2)C1N. The molecule has 6 heteroatoms. The van der Waals surface area contributed by atoms with Crippen molar-refractivity contribution in [2.75, 3.05) is 18.1 Å². The van der Waals surface area contributed by atoms with E-state index in [1.165, 1.54) is 0 Å². The number of hydrogen-bond donors (Lipinski definition) is 2. The quantitative estimate of drug-likeness (QED) is 0.733. The van der Waals surface area contributed by atoms with Gasteiger partial charge in [0.2, 0.25) is 5.91 Å². The van der Waals surface area contributed by atoms with E-state index < -0.39 is 9.84 Å². The van der Waals surface area contributed by atoms with Crippen molar-refractivity contribution in [2.45, 2.75) is 32.2 Å². The van der Waals surface area contributed by atoms with Gasteiger partial charge in [-0.3, -0.25) is 4.79 Å². The Labute approximate surface area is 108 Å². The minimum Gasteiger partial charge on any atom is -0.355 e. The molecular weight excluding hydrogens is 252 g/mol. The van der Waals surface area contributed by atoms with Crippen LogP contribution in [0.5, 0.6) is 0 Å². The molecule has 0 heterocycles. The van der Waals surface area contributed by atoms with Gasteiger partial charge in [-0.15, -0.1) is 0 Å². The molecule has 104 valence electrons. The molecule has 4 atom stereocenters. The first kappa shape index (κ1) is 13.8. The van der Waals surface area contributed by atoms with Crippen molar-refractivity contribution < 1.29 is 13.2 Å². The lowest BCUT2D eigenvalue weighted by Crippen LogP contribution is -2.46. The predicted octanol–water partition coefficient (Wildman–Crippen LogP) is -0.0893. The Morgan fingerprint density at radius 1 is 1.33 bits per heavy atom. The van der Waals surface area contributed by atoms with Crippen molar-refractivity contribution >= 4 is 15.7 Å². The van der Waals surface area contributed by atoms with Gasteiger partial charge in [-0.1, -0.05) is 6.92 Å². The van der Waals surface area contributed by atoms with Crippen molar-refractivity contribution in [1.29, 1.82) is 0 Å². The summed E-state index contributed by atoms with van der Waals surface area (Å²) in [6, 6.07) is -0.0356. The van der Waals surface area contributed by atoms with Gasteiger partial charge in [0.15, 0.2) is 9.84 Å². The summed E-state index contributed by atoms with van der Waals surface area (Å²) in [5.41, 5.74) is 6.07. The van der Waals surface area contributed by atoms with Gasteiger partial charge in [0, 0.05) is 18.3 Å². The number of nitrogens with two attached hydrogens (primary N) is 1. The maximum absolute atomic E-state index is 12.0. The van der Waals surface area contributed by atoms with Crippen LogP contribution in [0.1, 0.15) is 26.2 Å². The Bertz CT molecular complexity index is 419. The van der Waals surface area contributed by atoms with E-state index in [0.717, 1.165) is 19.3 Å². The fraction of sp³-hybridized carbons (Fsp3) is 0.917. The van der Waals surface area contributed by atoms with Gasteiger partial charge in [-0.05, 0) is 31.1 Å². The average molecular weight is 274 g/mol. The number of nitrogens with one attached hydrogen (secondary N) is 1. The molecule has 1 amide bonds. The molecule has 2 rings (SSSR count). The minimum atomic E-state index is -3.01. The van der Waals surface area contributed by atoms with Crippen LogP contribution in [0, 0.1) is 17.8 Å². The Morgan fingerprint density at radius 3 is 2.56 bits per heavy atom. The highest BCUT2D eigenvalue weighted by Crippen LogP contribution is 2.47. The largest absolute Gasteiger partial charge is 0.355 e. The third-order valence-electron chi connectivity index (χ3n) is 4.44. The fourth-order valence-electron chi connectivity index (χ4n) is 3.32. The standard InChI is InChI=1S/C12H22N2O3S/c1-2-18(16,17)6-5-14-12(15)10-8-3-4-9(7-8)11(10)13/h8-11H,2-7,13H2,1H3,(H,14,15). The molecule has 4 unspecified atom stereocenters. The van der Waals surface area contributed by atoms with Crippen molar-refractivity contribution in [2.24, 2.45) is 23.5 Å². The second-order valence-electron chi connectivity index (χ2n) is 5.46. The number of carbonyl (C=O) groups is 1. The van der Waals surface area contributed by atoms with Crippen molar-refractivity contribution in [3.8, 4) is 0 Å². The van der Waals surface area contributed by atoms with E-state index in [4.69, 9.17) is 5.73 Å². The van der Waals surface area contributed by atoms with Crippen molar-refractivity contribution in [1.82, 2.24) is 5.32 Å². The normalized spacial score (nSPS) is 34.8. The summed E-state index contributed by atoms with van der Waals surface area (Å²) >= 11 is 0. The number of rotatable bonds is 5. The molecule has 0 aliphatic heterocycles. The van der Waals surface area contributed by atoms with Crippen LogP contribution in [0.15, 0.2) is 0 Å². The van der Waals surface area contributed by atoms with Crippen LogP contribution < -0.4 is 11.1 Å². The number of carbonyl (C=O) groups excluding carboxylic acids is 1. The van der Waals surface area contributed by atoms with E-state index >= 15 is 0 Å². The zero-order chi connectivity index (χ0) is 13.3. The molecule has 0 aromatic carbocycles. The van der Waals surface area contributed by atoms with Gasteiger partial charge >= 0.3 is 0 Å². The first-order chi connectivity index (χ1) is 8.44. The van der Waals surface area contributed by atoms with E-state index in [0.29, 0.717) is 11.8 Å². The molecule has 2 saturated carbocycles. The van der Waals surface area contributed by atoms with E-state index in [-0.39, 0.29) is 35.9 Å². The lowest BCUT2D eigenvalue weighted by Gasteiger charge is -2.26. The molecule has 0 aromatic heterocycles. The molecule has 2 aliphatic carbocycles. The first-order valence-corrected chi connectivity index (χ1v) is 8.50. The first-order valence-electron chi connectivity index (χ1n) is 6.68. The number of hydrogen-bond acceptors (Lipinski definition) is 4. The zero-order valence-electron chi connectivity index (χ0n) is 10.8. The summed E-state index contributed by atoms with van der Waals surface area (Å²) in [6.45, 7) is 1.82. The number of sulfone groups is 1. The van der Waals surface area contributed by atoms with Crippen LogP contribution in [-0.4, -0.2) is 38.4 Å². The van der Waals surface area contributed by atoms with E-state index in [9.17, 15) is 13.2 Å². The Balaban J connectivity index is 1.82. The van der Waals surface area contributed by atoms with Crippen molar-refractivity contribution in [3.05, 3.63) is 0 Å². The fourth-order valence-corrected chi connectivity index (χ4v) is 4.02. The summed E-state index contributed by atoms with van der Waals surface area (Å²) in [4.78, 5) is 12.0. The highest BCUT2D eigenvalue weighted by molar-refractivity contribution is 7.91. The smallest absolute Gasteiger partial charge is 0.224 e. The van der Waals surface area contributed by atoms with Crippen LogP contribution in [0.2, 0.25) is 0 Å². The second kappa shape index (κ2) is 5.17. The molecule has 5 nitrogen and oxygen atoms in total. The lowest BCUT2D eigenvalue weighted by molar-refractivity contribution is -0.126. The van der Waals surface area contributed by atoms with Gasteiger partial charge in [0.25, 0.3) is 0 Å². The monoisotopic (exact) mass is 274 g/mol. The van der Waals surface area contributed by atoms with Gasteiger partial charge in [0.05, 0.1) is 11.7 Å². The van der Waals surface area contributed by atoms with E-state index in [1.54, 1.807) is 6.92 Å². The van der Waals surface area contributed by atoms with Crippen LogP contribution in [0.3, 0.4) is 0 Å². The Hall–Kier alpha value is -0.620. The summed E-state index contributed by atoms with van der Waals surface area (Å²) in [6.07, 6.45) is 3.29. The highest BCUT2D eigenvalue weighted by atomic mass is 32.2. The third-order valence-corrected chi connectivity index (χ3v) is 6.14. The molecule has 0 spiro atoms. The topological polar surface area (TPSA) is 89.3 Å². The molecular formula is C12H22N2O3S. The number of amides is 1. The van der Waals surface area contributed by atoms with Crippen molar-refractivity contribution in [3.63, 3.8) is 0 Å². The summed E-state index contributed by atoms with van der Waals surface area (Å²) < 4.78 is 22.6. The maximum Gasteiger partial charge on any atom is 0.224 e. The Morgan fingerprint density at radius 2 is 2.00 bits per heavy atom. The number of fused-ring (bicyclic) bond motifs is 2. The van der Waals surface area contributed by atoms with Gasteiger partial charge < -0.3 is 11.1 Å². The molecule has 2 fully saturated rings. The third kappa shape index (κ3) is 2.69. The second-order valence-corrected chi connectivity index (χ2v) is 7.94. The summed E-state index contributed by atoms with van der Waals surface area (Å²) in [5, 5.41) is 2.73. The summed E-state index contributed by atoms with van der Waals surface area (Å²) in [5.74, 6) is 0.883. The molecule has 2 bridgehead atoms. The van der Waals surface area contributed by atoms with Crippen LogP contribution in [0.4, 0.5) is 0 Å². The minimum absolute atomic E-state index is 0.0191. The van der Waals surface area contributed by atoms with Crippen LogP contribution in [0.25, 0.3) is 0 Å². The molecule has 2 aliphatic rings. The van der Waals surface area contributed by atoms with E-state index in [1.807, 2.05) is 0 Å². The van der Waals surface area contributed by atoms with E-state index in [2.05, 4.69) is 5.32 Å². The predicted molar refractivity (Wildman–Crippen MR) is 69.6 cm³/mol. The molecule has 18 heavy (non-hydrogen) atoms. The molecule has 0 aromatic rings. The molecule has 0 saturated heterocycles. The summed E-state index contributed by atoms with van der Waals surface area (Å²) in [7, 11) is -3.01. The van der Waals surface area contributed by atoms with Crippen LogP contribution >= 0.6 is 0 Å². The lowest BCUT2D eigenvalue weighted by atomic mass is 9.84. The highest BCUT2D eigenvalue weighted by Gasteiger charge is 2.48. The maximum atomic E-state index is 12.0. The van der Waals surface area contributed by atoms with Gasteiger partial charge in [-0.2, -0.15) is 0 Å². The van der Waals surface area contributed by atoms with Gasteiger partial charge in [-0.25, -0.2) is 8.42 Å². The molecule has 3 N–H and O–H groups in total. The van der Waals surface area contributed by atoms with Gasteiger partial charge in [0.1, 0.15) is 0 Å². The zero-order valence-corrected chi connectivity index (χ0v) is 11.6. The Kier molecular flexibility index (Phi) is 3.96.